The maximum Gasteiger partial charge on any atom is 0.0947 e. The average Bonchev–Trinajstić information content (AvgIpc) is 2.55. The number of aryl methyl sites for hydroxylation is 1. The minimum absolute atomic E-state index is 0.529. The van der Waals surface area contributed by atoms with Crippen LogP contribution in [0.1, 0.15) is 5.56 Å². The zero-order valence-electron chi connectivity index (χ0n) is 9.36. The fraction of sp³-hybridized carbons (Fsp3) is 0.364. The lowest BCUT2D eigenvalue weighted by atomic mass is 10.2. The predicted molar refractivity (Wildman–Crippen MR) is 62.9 cm³/mol. The van der Waals surface area contributed by atoms with Crippen LogP contribution in [0, 0.1) is 0 Å². The molecule has 0 fully saturated rings. The van der Waals surface area contributed by atoms with E-state index in [1.54, 1.807) is 0 Å². The molecule has 0 saturated carbocycles. The van der Waals surface area contributed by atoms with Gasteiger partial charge in [0.2, 0.25) is 0 Å². The van der Waals surface area contributed by atoms with Crippen LogP contribution >= 0.6 is 0 Å². The summed E-state index contributed by atoms with van der Waals surface area (Å²) < 4.78 is 2.08. The molecule has 80 valence electrons. The molecule has 0 radical (unpaired) electrons. The summed E-state index contributed by atoms with van der Waals surface area (Å²) in [5, 5.41) is 0. The van der Waals surface area contributed by atoms with E-state index in [4.69, 9.17) is 5.73 Å². The normalized spacial score (nSPS) is 10.9. The fourth-order valence-electron chi connectivity index (χ4n) is 1.90. The van der Waals surface area contributed by atoms with E-state index in [-0.39, 0.29) is 0 Å². The lowest BCUT2D eigenvalue weighted by Crippen LogP contribution is -2.10. The number of hydrogen-bond donors (Lipinski definition) is 1. The first-order chi connectivity index (χ1) is 7.15. The number of pyridine rings is 1. The van der Waals surface area contributed by atoms with Crippen LogP contribution < -0.4 is 10.6 Å². The van der Waals surface area contributed by atoms with E-state index in [0.717, 1.165) is 16.6 Å². The van der Waals surface area contributed by atoms with Crippen LogP contribution in [0.15, 0.2) is 18.5 Å². The molecule has 4 nitrogen and oxygen atoms in total. The van der Waals surface area contributed by atoms with Crippen molar-refractivity contribution >= 4 is 16.7 Å². The monoisotopic (exact) mass is 204 g/mol. The van der Waals surface area contributed by atoms with Crippen molar-refractivity contribution in [1.29, 1.82) is 0 Å². The zero-order chi connectivity index (χ0) is 11.0. The van der Waals surface area contributed by atoms with E-state index in [2.05, 4.69) is 14.5 Å². The van der Waals surface area contributed by atoms with Gasteiger partial charge in [-0.2, -0.15) is 0 Å². The second kappa shape index (κ2) is 3.55. The van der Waals surface area contributed by atoms with Gasteiger partial charge >= 0.3 is 0 Å². The molecule has 2 rings (SSSR count). The summed E-state index contributed by atoms with van der Waals surface area (Å²) in [6.07, 6.45) is 3.88. The van der Waals surface area contributed by atoms with Crippen molar-refractivity contribution in [1.82, 2.24) is 9.55 Å². The lowest BCUT2D eigenvalue weighted by Gasteiger charge is -2.14. The summed E-state index contributed by atoms with van der Waals surface area (Å²) in [6.45, 7) is 0.529. The minimum atomic E-state index is 0.529. The maximum absolute atomic E-state index is 5.69. The van der Waals surface area contributed by atoms with E-state index < -0.39 is 0 Å². The number of rotatable bonds is 2. The van der Waals surface area contributed by atoms with Gasteiger partial charge in [0, 0.05) is 45.6 Å². The molecule has 0 bridgehead atoms. The molecule has 0 atom stereocenters. The van der Waals surface area contributed by atoms with Gasteiger partial charge in [0.1, 0.15) is 0 Å². The molecule has 0 saturated heterocycles. The largest absolute Gasteiger partial charge is 0.376 e. The van der Waals surface area contributed by atoms with Crippen molar-refractivity contribution < 1.29 is 0 Å². The van der Waals surface area contributed by atoms with Crippen LogP contribution in [0.2, 0.25) is 0 Å². The third-order valence-electron chi connectivity index (χ3n) is 2.61. The Morgan fingerprint density at radius 2 is 2.20 bits per heavy atom. The molecule has 0 aliphatic rings. The summed E-state index contributed by atoms with van der Waals surface area (Å²) in [5.74, 6) is 0. The van der Waals surface area contributed by atoms with E-state index >= 15 is 0 Å². The molecule has 2 aromatic rings. The first-order valence-corrected chi connectivity index (χ1v) is 4.95. The molecule has 4 heteroatoms. The van der Waals surface area contributed by atoms with Gasteiger partial charge in [0.15, 0.2) is 0 Å². The summed E-state index contributed by atoms with van der Waals surface area (Å²) in [6, 6.07) is 2.02. The number of nitrogens with two attached hydrogens (primary N) is 1. The number of hydrogen-bond acceptors (Lipinski definition) is 3. The van der Waals surface area contributed by atoms with Crippen molar-refractivity contribution in [2.45, 2.75) is 6.54 Å². The molecule has 0 aromatic carbocycles. The Kier molecular flexibility index (Phi) is 2.36. The summed E-state index contributed by atoms with van der Waals surface area (Å²) in [4.78, 5) is 6.48. The first-order valence-electron chi connectivity index (χ1n) is 4.95. The Morgan fingerprint density at radius 3 is 2.80 bits per heavy atom. The molecule has 2 heterocycles. The number of nitrogens with zero attached hydrogens (tertiary/aromatic N) is 3. The van der Waals surface area contributed by atoms with E-state index in [9.17, 15) is 0 Å². The van der Waals surface area contributed by atoms with Gasteiger partial charge in [0.25, 0.3) is 0 Å². The first kappa shape index (κ1) is 9.98. The average molecular weight is 204 g/mol. The van der Waals surface area contributed by atoms with Gasteiger partial charge < -0.3 is 15.2 Å². The van der Waals surface area contributed by atoms with Gasteiger partial charge in [-0.05, 0) is 6.07 Å². The standard InChI is InChI=1S/C11H16N4/c1-14(2)9-4-5-13-10-8(6-12)7-15(3)11(9)10/h4-5,7H,6,12H2,1-3H3. The zero-order valence-corrected chi connectivity index (χ0v) is 9.36. The van der Waals surface area contributed by atoms with Gasteiger partial charge in [0.05, 0.1) is 16.7 Å². The molecule has 0 aliphatic heterocycles. The third kappa shape index (κ3) is 1.47. The Morgan fingerprint density at radius 1 is 1.47 bits per heavy atom. The van der Waals surface area contributed by atoms with Gasteiger partial charge in [-0.1, -0.05) is 0 Å². The molecular formula is C11H16N4. The molecule has 0 spiro atoms. The Labute approximate surface area is 89.3 Å². The fourth-order valence-corrected chi connectivity index (χ4v) is 1.90. The van der Waals surface area contributed by atoms with E-state index in [1.165, 1.54) is 5.69 Å². The molecule has 0 aliphatic carbocycles. The minimum Gasteiger partial charge on any atom is -0.376 e. The van der Waals surface area contributed by atoms with Crippen LogP contribution in [0.25, 0.3) is 11.0 Å². The van der Waals surface area contributed by atoms with Crippen LogP contribution in [0.4, 0.5) is 5.69 Å². The van der Waals surface area contributed by atoms with Crippen molar-refractivity contribution in [3.05, 3.63) is 24.0 Å². The lowest BCUT2D eigenvalue weighted by molar-refractivity contribution is 0.944. The van der Waals surface area contributed by atoms with Crippen molar-refractivity contribution in [3.63, 3.8) is 0 Å². The quantitative estimate of drug-likeness (QED) is 0.796. The SMILES string of the molecule is CN(C)c1ccnc2c(CN)cn(C)c12. The van der Waals surface area contributed by atoms with Crippen molar-refractivity contribution in [2.24, 2.45) is 12.8 Å². The highest BCUT2D eigenvalue weighted by atomic mass is 15.1. The van der Waals surface area contributed by atoms with E-state index in [1.807, 2.05) is 39.6 Å². The van der Waals surface area contributed by atoms with Gasteiger partial charge in [-0.25, -0.2) is 0 Å². The smallest absolute Gasteiger partial charge is 0.0947 e. The van der Waals surface area contributed by atoms with Gasteiger partial charge in [-0.15, -0.1) is 0 Å². The Balaban J connectivity index is 2.80. The Hall–Kier alpha value is -1.55. The van der Waals surface area contributed by atoms with Crippen molar-refractivity contribution in [3.8, 4) is 0 Å². The second-order valence-electron chi connectivity index (χ2n) is 3.89. The highest BCUT2D eigenvalue weighted by molar-refractivity contribution is 5.91. The van der Waals surface area contributed by atoms with Crippen LogP contribution in [-0.2, 0) is 13.6 Å². The molecular weight excluding hydrogens is 188 g/mol. The van der Waals surface area contributed by atoms with Gasteiger partial charge in [-0.3, -0.25) is 4.98 Å². The number of anilines is 1. The van der Waals surface area contributed by atoms with Crippen molar-refractivity contribution in [2.75, 3.05) is 19.0 Å². The summed E-state index contributed by atoms with van der Waals surface area (Å²) in [5.41, 5.74) is 10.1. The van der Waals surface area contributed by atoms with Crippen LogP contribution in [0.5, 0.6) is 0 Å². The molecule has 0 unspecified atom stereocenters. The van der Waals surface area contributed by atoms with E-state index in [0.29, 0.717) is 6.54 Å². The maximum atomic E-state index is 5.69. The molecule has 15 heavy (non-hydrogen) atoms. The highest BCUT2D eigenvalue weighted by Crippen LogP contribution is 2.26. The highest BCUT2D eigenvalue weighted by Gasteiger charge is 2.11. The summed E-state index contributed by atoms with van der Waals surface area (Å²) in [7, 11) is 6.09. The topological polar surface area (TPSA) is 47.1 Å². The second-order valence-corrected chi connectivity index (χ2v) is 3.89. The molecule has 2 N–H and O–H groups in total. The van der Waals surface area contributed by atoms with Crippen LogP contribution in [-0.4, -0.2) is 23.6 Å². The predicted octanol–water partition coefficient (Wildman–Crippen LogP) is 1.10. The molecule has 0 amide bonds. The molecule has 2 aromatic heterocycles. The van der Waals surface area contributed by atoms with Crippen LogP contribution in [0.3, 0.4) is 0 Å². The Bertz CT molecular complexity index is 485. The third-order valence-corrected chi connectivity index (χ3v) is 2.61. The number of aromatic nitrogens is 2. The summed E-state index contributed by atoms with van der Waals surface area (Å²) >= 11 is 0. The number of fused-ring (bicyclic) bond motifs is 1.